The van der Waals surface area contributed by atoms with Crippen molar-refractivity contribution < 1.29 is 4.79 Å². The Morgan fingerprint density at radius 1 is 1.12 bits per heavy atom. The molecule has 96 valence electrons. The Bertz CT molecular complexity index is 274. The molecule has 2 unspecified atom stereocenters. The van der Waals surface area contributed by atoms with Gasteiger partial charge in [-0.3, -0.25) is 4.79 Å². The predicted molar refractivity (Wildman–Crippen MR) is 67.6 cm³/mol. The van der Waals surface area contributed by atoms with Crippen LogP contribution in [0.5, 0.6) is 0 Å². The van der Waals surface area contributed by atoms with Crippen molar-refractivity contribution in [3.63, 3.8) is 0 Å². The second kappa shape index (κ2) is 4.97. The smallest absolute Gasteiger partial charge is 0.223 e. The van der Waals surface area contributed by atoms with Crippen LogP contribution in [0.3, 0.4) is 0 Å². The Morgan fingerprint density at radius 3 is 2.53 bits per heavy atom. The molecule has 0 aromatic carbocycles. The minimum atomic E-state index is 0.347. The van der Waals surface area contributed by atoms with Gasteiger partial charge in [0.1, 0.15) is 0 Å². The van der Waals surface area contributed by atoms with Crippen molar-refractivity contribution in [1.29, 1.82) is 0 Å². The highest BCUT2D eigenvalue weighted by molar-refractivity contribution is 5.82. The van der Waals surface area contributed by atoms with Crippen molar-refractivity contribution in [3.05, 3.63) is 0 Å². The molecule has 1 amide bonds. The third kappa shape index (κ3) is 2.49. The minimum Gasteiger partial charge on any atom is -0.356 e. The maximum absolute atomic E-state index is 12.0. The van der Waals surface area contributed by atoms with Crippen molar-refractivity contribution in [2.75, 3.05) is 13.1 Å². The average Bonchev–Trinajstić information content (AvgIpc) is 2.85. The first-order valence-electron chi connectivity index (χ1n) is 7.37. The van der Waals surface area contributed by atoms with Crippen LogP contribution in [0.1, 0.15) is 44.9 Å². The molecule has 17 heavy (non-hydrogen) atoms. The largest absolute Gasteiger partial charge is 0.356 e. The number of hydrogen-bond acceptors (Lipinski definition) is 2. The lowest BCUT2D eigenvalue weighted by Crippen LogP contribution is -2.31. The summed E-state index contributed by atoms with van der Waals surface area (Å²) in [6, 6.07) is 0.650. The summed E-state index contributed by atoms with van der Waals surface area (Å²) in [7, 11) is 0. The molecule has 0 radical (unpaired) electrons. The highest BCUT2D eigenvalue weighted by Gasteiger charge is 2.54. The van der Waals surface area contributed by atoms with Crippen molar-refractivity contribution >= 4 is 5.91 Å². The number of fused-ring (bicyclic) bond motifs is 1. The molecular weight excluding hydrogens is 212 g/mol. The summed E-state index contributed by atoms with van der Waals surface area (Å²) in [5.41, 5.74) is 0. The topological polar surface area (TPSA) is 41.1 Å². The van der Waals surface area contributed by atoms with E-state index in [1.807, 2.05) is 0 Å². The molecule has 2 saturated carbocycles. The molecule has 2 aliphatic carbocycles. The SMILES string of the molecule is O=C(NCC[C@H]1CCCN1)C1C2CCCCC21. The third-order valence-corrected chi connectivity index (χ3v) is 4.91. The summed E-state index contributed by atoms with van der Waals surface area (Å²) in [5.74, 6) is 2.22. The monoisotopic (exact) mass is 236 g/mol. The van der Waals surface area contributed by atoms with E-state index in [4.69, 9.17) is 0 Å². The van der Waals surface area contributed by atoms with Gasteiger partial charge in [-0.25, -0.2) is 0 Å². The second-order valence-electron chi connectivity index (χ2n) is 6.01. The highest BCUT2D eigenvalue weighted by atomic mass is 16.2. The van der Waals surface area contributed by atoms with E-state index in [1.165, 1.54) is 38.5 Å². The Labute approximate surface area is 104 Å². The lowest BCUT2D eigenvalue weighted by Gasteiger charge is -2.10. The van der Waals surface area contributed by atoms with E-state index in [0.29, 0.717) is 17.9 Å². The molecule has 3 atom stereocenters. The van der Waals surface area contributed by atoms with Gasteiger partial charge in [-0.1, -0.05) is 12.8 Å². The fraction of sp³-hybridized carbons (Fsp3) is 0.929. The molecule has 1 aliphatic heterocycles. The van der Waals surface area contributed by atoms with Gasteiger partial charge in [0.25, 0.3) is 0 Å². The molecule has 3 aliphatic rings. The summed E-state index contributed by atoms with van der Waals surface area (Å²) in [6.07, 6.45) is 8.97. The fourth-order valence-electron chi connectivity index (χ4n) is 3.87. The van der Waals surface area contributed by atoms with Crippen molar-refractivity contribution in [2.24, 2.45) is 17.8 Å². The Morgan fingerprint density at radius 2 is 1.88 bits per heavy atom. The van der Waals surface area contributed by atoms with Crippen molar-refractivity contribution in [2.45, 2.75) is 51.0 Å². The average molecular weight is 236 g/mol. The molecule has 2 N–H and O–H groups in total. The van der Waals surface area contributed by atoms with E-state index >= 15 is 0 Å². The minimum absolute atomic E-state index is 0.347. The molecule has 0 aromatic heterocycles. The van der Waals surface area contributed by atoms with Crippen LogP contribution in [0.4, 0.5) is 0 Å². The van der Waals surface area contributed by atoms with Crippen LogP contribution in [-0.2, 0) is 4.79 Å². The Kier molecular flexibility index (Phi) is 3.37. The van der Waals surface area contributed by atoms with Crippen LogP contribution in [0, 0.1) is 17.8 Å². The lowest BCUT2D eigenvalue weighted by molar-refractivity contribution is -0.122. The number of carbonyl (C=O) groups excluding carboxylic acids is 1. The molecule has 0 spiro atoms. The quantitative estimate of drug-likeness (QED) is 0.780. The van der Waals surface area contributed by atoms with Crippen LogP contribution < -0.4 is 10.6 Å². The Balaban J connectivity index is 1.36. The van der Waals surface area contributed by atoms with Crippen LogP contribution in [0.25, 0.3) is 0 Å². The van der Waals surface area contributed by atoms with Crippen LogP contribution >= 0.6 is 0 Å². The van der Waals surface area contributed by atoms with Gasteiger partial charge in [-0.15, -0.1) is 0 Å². The summed E-state index contributed by atoms with van der Waals surface area (Å²) in [6.45, 7) is 2.03. The highest BCUT2D eigenvalue weighted by Crippen LogP contribution is 2.55. The summed E-state index contributed by atoms with van der Waals surface area (Å²) in [5, 5.41) is 6.62. The van der Waals surface area contributed by atoms with Crippen LogP contribution in [0.2, 0.25) is 0 Å². The lowest BCUT2D eigenvalue weighted by atomic mass is 10.0. The van der Waals surface area contributed by atoms with Crippen LogP contribution in [0.15, 0.2) is 0 Å². The molecule has 1 saturated heterocycles. The molecule has 0 bridgehead atoms. The van der Waals surface area contributed by atoms with Gasteiger partial charge in [-0.05, 0) is 50.5 Å². The van der Waals surface area contributed by atoms with E-state index in [0.717, 1.165) is 31.3 Å². The zero-order chi connectivity index (χ0) is 11.7. The maximum Gasteiger partial charge on any atom is 0.223 e. The number of amides is 1. The molecule has 3 fully saturated rings. The number of rotatable bonds is 4. The van der Waals surface area contributed by atoms with E-state index in [1.54, 1.807) is 0 Å². The third-order valence-electron chi connectivity index (χ3n) is 4.91. The number of hydrogen-bond donors (Lipinski definition) is 2. The van der Waals surface area contributed by atoms with E-state index in [9.17, 15) is 4.79 Å². The molecular formula is C14H24N2O. The van der Waals surface area contributed by atoms with Gasteiger partial charge >= 0.3 is 0 Å². The molecule has 3 nitrogen and oxygen atoms in total. The standard InChI is InChI=1S/C14H24N2O/c17-14(13-11-5-1-2-6-12(11)13)16-9-7-10-4-3-8-15-10/h10-13,15H,1-9H2,(H,16,17)/t10-,11?,12?,13?/m1/s1. The first-order chi connectivity index (χ1) is 8.36. The maximum atomic E-state index is 12.0. The number of carbonyl (C=O) groups is 1. The molecule has 0 aromatic rings. The van der Waals surface area contributed by atoms with E-state index in [-0.39, 0.29) is 0 Å². The van der Waals surface area contributed by atoms with Gasteiger partial charge in [0.05, 0.1) is 0 Å². The Hall–Kier alpha value is -0.570. The van der Waals surface area contributed by atoms with Crippen molar-refractivity contribution in [3.8, 4) is 0 Å². The van der Waals surface area contributed by atoms with E-state index < -0.39 is 0 Å². The fourth-order valence-corrected chi connectivity index (χ4v) is 3.87. The van der Waals surface area contributed by atoms with Gasteiger partial charge in [0.15, 0.2) is 0 Å². The summed E-state index contributed by atoms with van der Waals surface area (Å²) in [4.78, 5) is 12.0. The first kappa shape index (κ1) is 11.5. The molecule has 3 rings (SSSR count). The summed E-state index contributed by atoms with van der Waals surface area (Å²) >= 11 is 0. The molecule has 1 heterocycles. The first-order valence-corrected chi connectivity index (χ1v) is 7.37. The number of nitrogens with one attached hydrogen (secondary N) is 2. The zero-order valence-corrected chi connectivity index (χ0v) is 10.6. The van der Waals surface area contributed by atoms with Crippen molar-refractivity contribution in [1.82, 2.24) is 10.6 Å². The van der Waals surface area contributed by atoms with Gasteiger partial charge < -0.3 is 10.6 Å². The predicted octanol–water partition coefficient (Wildman–Crippen LogP) is 1.68. The second-order valence-corrected chi connectivity index (χ2v) is 6.01. The van der Waals surface area contributed by atoms with E-state index in [2.05, 4.69) is 10.6 Å². The van der Waals surface area contributed by atoms with Gasteiger partial charge in [0, 0.05) is 18.5 Å². The van der Waals surface area contributed by atoms with Crippen LogP contribution in [-0.4, -0.2) is 25.0 Å². The molecule has 3 heteroatoms. The van der Waals surface area contributed by atoms with Gasteiger partial charge in [-0.2, -0.15) is 0 Å². The van der Waals surface area contributed by atoms with Gasteiger partial charge in [0.2, 0.25) is 5.91 Å². The zero-order valence-electron chi connectivity index (χ0n) is 10.6. The normalized spacial score (nSPS) is 39.8. The summed E-state index contributed by atoms with van der Waals surface area (Å²) < 4.78 is 0.